The molecule has 0 fully saturated rings. The van der Waals surface area contributed by atoms with E-state index in [1.54, 1.807) is 42.7 Å². The number of methoxy groups -OCH3 is 6. The lowest BCUT2D eigenvalue weighted by molar-refractivity contribution is 0.324. The lowest BCUT2D eigenvalue weighted by atomic mass is 10.0. The largest absolute Gasteiger partial charge is 0.497 e. The topological polar surface area (TPSA) is 64.6 Å². The van der Waals surface area contributed by atoms with Crippen molar-refractivity contribution in [2.45, 2.75) is 25.7 Å². The fraction of sp³-hybridized carbons (Fsp3) is 0.294. The Morgan fingerprint density at radius 1 is 0.390 bits per heavy atom. The highest BCUT2D eigenvalue weighted by atomic mass is 16.5. The van der Waals surface area contributed by atoms with E-state index in [1.807, 2.05) is 48.5 Å². The van der Waals surface area contributed by atoms with Gasteiger partial charge in [0.05, 0.1) is 42.7 Å². The minimum absolute atomic E-state index is 0.585. The molecule has 0 bridgehead atoms. The van der Waals surface area contributed by atoms with E-state index in [0.717, 1.165) is 48.1 Å². The molecule has 0 radical (unpaired) electrons. The predicted octanol–water partition coefficient (Wildman–Crippen LogP) is 7.10. The molecule has 0 saturated carbocycles. The molecule has 4 aromatic rings. The number of aryl methyl sites for hydroxylation is 4. The van der Waals surface area contributed by atoms with E-state index < -0.39 is 0 Å². The van der Waals surface area contributed by atoms with Gasteiger partial charge >= 0.3 is 0 Å². The van der Waals surface area contributed by atoms with Crippen LogP contribution in [0.3, 0.4) is 0 Å². The highest BCUT2D eigenvalue weighted by Gasteiger charge is 2.15. The van der Waals surface area contributed by atoms with E-state index in [0.29, 0.717) is 40.2 Å². The summed E-state index contributed by atoms with van der Waals surface area (Å²) >= 11 is 0. The van der Waals surface area contributed by atoms with E-state index in [9.17, 15) is 0 Å². The molecule has 216 valence electrons. The first-order valence-electron chi connectivity index (χ1n) is 13.4. The molecule has 0 heterocycles. The van der Waals surface area contributed by atoms with Crippen molar-refractivity contribution in [2.24, 2.45) is 0 Å². The fourth-order valence-electron chi connectivity index (χ4n) is 4.71. The minimum atomic E-state index is 0.585. The van der Waals surface area contributed by atoms with Gasteiger partial charge in [-0.05, 0) is 96.5 Å². The molecule has 0 spiro atoms. The summed E-state index contributed by atoms with van der Waals surface area (Å²) in [4.78, 5) is 0. The monoisotopic (exact) mass is 558 g/mol. The van der Waals surface area contributed by atoms with Crippen molar-refractivity contribution in [3.8, 4) is 46.0 Å². The summed E-state index contributed by atoms with van der Waals surface area (Å²) in [6, 6.07) is 24.1. The van der Waals surface area contributed by atoms with Gasteiger partial charge in [-0.25, -0.2) is 0 Å². The summed E-state index contributed by atoms with van der Waals surface area (Å²) in [6.07, 6.45) is 3.30. The standard InChI is InChI=1S/C34H38O7/c1-35-27-9-7-8-23(18-27)10-11-25-14-16-28(36-2)31(20-25)41-29-17-15-24(19-30(29)37-3)12-13-26-21-32(38-4)34(40-6)33(22-26)39-5/h7-9,14-22H,10-13H2,1-6H3. The number of rotatable bonds is 14. The Labute approximate surface area is 242 Å². The van der Waals surface area contributed by atoms with E-state index in [2.05, 4.69) is 24.3 Å². The molecule has 4 aromatic carbocycles. The van der Waals surface area contributed by atoms with Crippen molar-refractivity contribution in [3.05, 3.63) is 95.1 Å². The Kier molecular flexibility index (Phi) is 10.2. The van der Waals surface area contributed by atoms with Crippen LogP contribution in [0, 0.1) is 0 Å². The van der Waals surface area contributed by atoms with Crippen molar-refractivity contribution >= 4 is 0 Å². The van der Waals surface area contributed by atoms with Gasteiger partial charge < -0.3 is 33.2 Å². The smallest absolute Gasteiger partial charge is 0.203 e. The average Bonchev–Trinajstić information content (AvgIpc) is 3.02. The first-order chi connectivity index (χ1) is 20.0. The third-order valence-corrected chi connectivity index (χ3v) is 6.94. The molecule has 0 saturated heterocycles. The molecule has 41 heavy (non-hydrogen) atoms. The van der Waals surface area contributed by atoms with Crippen molar-refractivity contribution in [1.82, 2.24) is 0 Å². The van der Waals surface area contributed by atoms with E-state index in [-0.39, 0.29) is 0 Å². The lowest BCUT2D eigenvalue weighted by Crippen LogP contribution is -1.99. The molecule has 4 rings (SSSR count). The molecule has 7 nitrogen and oxygen atoms in total. The summed E-state index contributed by atoms with van der Waals surface area (Å²) in [5.41, 5.74) is 4.55. The van der Waals surface area contributed by atoms with Crippen LogP contribution < -0.4 is 33.2 Å². The zero-order chi connectivity index (χ0) is 29.2. The SMILES string of the molecule is COc1cccc(CCc2ccc(OC)c(Oc3ccc(CCc4cc(OC)c(OC)c(OC)c4)cc3OC)c2)c1. The highest BCUT2D eigenvalue weighted by Crippen LogP contribution is 2.40. The Bertz CT molecular complexity index is 1420. The van der Waals surface area contributed by atoms with Crippen LogP contribution in [0.15, 0.2) is 72.8 Å². The van der Waals surface area contributed by atoms with E-state index in [4.69, 9.17) is 33.2 Å². The van der Waals surface area contributed by atoms with Crippen LogP contribution in [-0.4, -0.2) is 42.7 Å². The van der Waals surface area contributed by atoms with Gasteiger partial charge in [-0.3, -0.25) is 0 Å². The Hall–Kier alpha value is -4.52. The van der Waals surface area contributed by atoms with Gasteiger partial charge in [-0.2, -0.15) is 0 Å². The molecule has 0 aromatic heterocycles. The van der Waals surface area contributed by atoms with Crippen LogP contribution in [-0.2, 0) is 25.7 Å². The Balaban J connectivity index is 1.48. The van der Waals surface area contributed by atoms with Gasteiger partial charge in [0, 0.05) is 0 Å². The molecule has 0 atom stereocenters. The third-order valence-electron chi connectivity index (χ3n) is 6.94. The molecule has 0 aliphatic carbocycles. The zero-order valence-electron chi connectivity index (χ0n) is 24.6. The minimum Gasteiger partial charge on any atom is -0.497 e. The van der Waals surface area contributed by atoms with E-state index >= 15 is 0 Å². The van der Waals surface area contributed by atoms with Crippen LogP contribution in [0.25, 0.3) is 0 Å². The molecule has 0 aliphatic heterocycles. The number of hydrogen-bond acceptors (Lipinski definition) is 7. The first kappa shape index (κ1) is 29.5. The normalized spacial score (nSPS) is 10.6. The third kappa shape index (κ3) is 7.37. The van der Waals surface area contributed by atoms with Crippen LogP contribution in [0.4, 0.5) is 0 Å². The lowest BCUT2D eigenvalue weighted by Gasteiger charge is -2.16. The van der Waals surface area contributed by atoms with Gasteiger partial charge in [0.25, 0.3) is 0 Å². The quantitative estimate of drug-likeness (QED) is 0.164. The maximum absolute atomic E-state index is 6.34. The fourth-order valence-corrected chi connectivity index (χ4v) is 4.71. The van der Waals surface area contributed by atoms with Gasteiger partial charge in [-0.15, -0.1) is 0 Å². The first-order valence-corrected chi connectivity index (χ1v) is 13.4. The highest BCUT2D eigenvalue weighted by molar-refractivity contribution is 5.54. The summed E-state index contributed by atoms with van der Waals surface area (Å²) in [6.45, 7) is 0. The van der Waals surface area contributed by atoms with Crippen molar-refractivity contribution in [2.75, 3.05) is 42.7 Å². The average molecular weight is 559 g/mol. The Morgan fingerprint density at radius 2 is 0.902 bits per heavy atom. The summed E-state index contributed by atoms with van der Waals surface area (Å²) in [7, 11) is 9.81. The second kappa shape index (κ2) is 14.2. The second-order valence-corrected chi connectivity index (χ2v) is 9.46. The van der Waals surface area contributed by atoms with Crippen molar-refractivity contribution in [1.29, 1.82) is 0 Å². The summed E-state index contributed by atoms with van der Waals surface area (Å²) in [5, 5.41) is 0. The molecule has 0 aliphatic rings. The maximum atomic E-state index is 6.34. The van der Waals surface area contributed by atoms with Gasteiger partial charge in [-0.1, -0.05) is 24.3 Å². The van der Waals surface area contributed by atoms with Crippen molar-refractivity contribution < 1.29 is 33.2 Å². The van der Waals surface area contributed by atoms with Gasteiger partial charge in [0.2, 0.25) is 5.75 Å². The molecular weight excluding hydrogens is 520 g/mol. The van der Waals surface area contributed by atoms with Gasteiger partial charge in [0.15, 0.2) is 34.5 Å². The summed E-state index contributed by atoms with van der Waals surface area (Å²) < 4.78 is 39.4. The van der Waals surface area contributed by atoms with E-state index in [1.165, 1.54) is 5.56 Å². The van der Waals surface area contributed by atoms with Crippen LogP contribution in [0.1, 0.15) is 22.3 Å². The van der Waals surface area contributed by atoms with Crippen LogP contribution >= 0.6 is 0 Å². The number of benzene rings is 4. The number of hydrogen-bond donors (Lipinski definition) is 0. The molecule has 7 heteroatoms. The molecule has 0 N–H and O–H groups in total. The van der Waals surface area contributed by atoms with Gasteiger partial charge in [0.1, 0.15) is 5.75 Å². The van der Waals surface area contributed by atoms with Crippen LogP contribution in [0.2, 0.25) is 0 Å². The Morgan fingerprint density at radius 3 is 1.46 bits per heavy atom. The van der Waals surface area contributed by atoms with Crippen molar-refractivity contribution in [3.63, 3.8) is 0 Å². The maximum Gasteiger partial charge on any atom is 0.203 e. The number of ether oxygens (including phenoxy) is 7. The van der Waals surface area contributed by atoms with Crippen LogP contribution in [0.5, 0.6) is 46.0 Å². The second-order valence-electron chi connectivity index (χ2n) is 9.46. The molecular formula is C34H38O7. The predicted molar refractivity (Wildman–Crippen MR) is 160 cm³/mol. The molecule has 0 amide bonds. The molecule has 0 unspecified atom stereocenters. The summed E-state index contributed by atoms with van der Waals surface area (Å²) in [5.74, 6) is 5.29. The zero-order valence-corrected chi connectivity index (χ0v) is 24.6.